The van der Waals surface area contributed by atoms with Gasteiger partial charge in [-0.3, -0.25) is 4.98 Å². The van der Waals surface area contributed by atoms with E-state index in [9.17, 15) is 0 Å². The third-order valence-corrected chi connectivity index (χ3v) is 6.39. The minimum atomic E-state index is 0.567. The molecule has 0 bridgehead atoms. The lowest BCUT2D eigenvalue weighted by Crippen LogP contribution is -2.03. The fraction of sp³-hybridized carbons (Fsp3) is 0.125. The van der Waals surface area contributed by atoms with Crippen LogP contribution in [0.15, 0.2) is 128 Å². The van der Waals surface area contributed by atoms with Crippen molar-refractivity contribution < 1.29 is 0 Å². The van der Waals surface area contributed by atoms with Crippen LogP contribution in [-0.2, 0) is 26.2 Å². The molecule has 0 saturated heterocycles. The SMILES string of the molecule is NCc1ccc(CNc2nccc3c2ccn3Cc2ccc(Cn3cccc3)cc2)cc1.c1ccncc1. The van der Waals surface area contributed by atoms with Gasteiger partial charge in [-0.25, -0.2) is 4.98 Å². The summed E-state index contributed by atoms with van der Waals surface area (Å²) < 4.78 is 4.46. The van der Waals surface area contributed by atoms with Gasteiger partial charge in [0.1, 0.15) is 5.82 Å². The number of nitrogens with two attached hydrogens (primary N) is 1. The second-order valence-electron chi connectivity index (χ2n) is 9.11. The Kier molecular flexibility index (Phi) is 8.23. The number of aromatic nitrogens is 4. The molecule has 0 aliphatic carbocycles. The lowest BCUT2D eigenvalue weighted by molar-refractivity contribution is 0.801. The highest BCUT2D eigenvalue weighted by atomic mass is 15.0. The zero-order chi connectivity index (χ0) is 26.0. The first kappa shape index (κ1) is 25.0. The van der Waals surface area contributed by atoms with Crippen LogP contribution in [0.2, 0.25) is 0 Å². The molecule has 6 rings (SSSR count). The zero-order valence-electron chi connectivity index (χ0n) is 21.3. The Morgan fingerprint density at radius 3 is 1.92 bits per heavy atom. The van der Waals surface area contributed by atoms with Crippen molar-refractivity contribution >= 4 is 16.7 Å². The highest BCUT2D eigenvalue weighted by Gasteiger charge is 2.08. The first-order chi connectivity index (χ1) is 18.8. The van der Waals surface area contributed by atoms with E-state index in [1.54, 1.807) is 12.4 Å². The molecular weight excluding hydrogens is 468 g/mol. The molecule has 2 aromatic carbocycles. The van der Waals surface area contributed by atoms with Crippen LogP contribution >= 0.6 is 0 Å². The number of fused-ring (bicyclic) bond motifs is 1. The number of anilines is 1. The summed E-state index contributed by atoms with van der Waals surface area (Å²) >= 11 is 0. The van der Waals surface area contributed by atoms with E-state index in [1.165, 1.54) is 22.2 Å². The molecule has 0 fully saturated rings. The maximum atomic E-state index is 5.69. The van der Waals surface area contributed by atoms with Crippen molar-refractivity contribution in [1.29, 1.82) is 0 Å². The second-order valence-corrected chi connectivity index (χ2v) is 9.11. The number of hydrogen-bond acceptors (Lipinski definition) is 4. The first-order valence-corrected chi connectivity index (χ1v) is 12.8. The fourth-order valence-corrected chi connectivity index (χ4v) is 4.33. The fourth-order valence-electron chi connectivity index (χ4n) is 4.33. The molecule has 0 aliphatic heterocycles. The minimum Gasteiger partial charge on any atom is -0.365 e. The van der Waals surface area contributed by atoms with E-state index in [0.717, 1.165) is 36.4 Å². The van der Waals surface area contributed by atoms with Crippen LogP contribution in [0.5, 0.6) is 0 Å². The van der Waals surface area contributed by atoms with Gasteiger partial charge in [0, 0.05) is 68.7 Å². The summed E-state index contributed by atoms with van der Waals surface area (Å²) in [6.07, 6.45) is 11.7. The molecule has 190 valence electrons. The summed E-state index contributed by atoms with van der Waals surface area (Å²) in [6.45, 7) is 3.02. The Labute approximate surface area is 223 Å². The van der Waals surface area contributed by atoms with Gasteiger partial charge in [-0.1, -0.05) is 54.6 Å². The van der Waals surface area contributed by atoms with Crippen LogP contribution < -0.4 is 11.1 Å². The van der Waals surface area contributed by atoms with Gasteiger partial charge < -0.3 is 20.2 Å². The smallest absolute Gasteiger partial charge is 0.135 e. The van der Waals surface area contributed by atoms with Gasteiger partial charge in [0.05, 0.1) is 5.52 Å². The Bertz CT molecular complexity index is 1490. The monoisotopic (exact) mass is 500 g/mol. The molecule has 6 heteroatoms. The Morgan fingerprint density at radius 2 is 1.29 bits per heavy atom. The normalized spacial score (nSPS) is 10.7. The Morgan fingerprint density at radius 1 is 0.632 bits per heavy atom. The van der Waals surface area contributed by atoms with Crippen molar-refractivity contribution in [2.45, 2.75) is 26.2 Å². The summed E-state index contributed by atoms with van der Waals surface area (Å²) in [7, 11) is 0. The maximum Gasteiger partial charge on any atom is 0.135 e. The lowest BCUT2D eigenvalue weighted by atomic mass is 10.1. The van der Waals surface area contributed by atoms with Gasteiger partial charge in [-0.15, -0.1) is 0 Å². The average molecular weight is 501 g/mol. The number of nitrogens with zero attached hydrogens (tertiary/aromatic N) is 4. The molecule has 0 atom stereocenters. The number of benzene rings is 2. The van der Waals surface area contributed by atoms with Crippen LogP contribution in [0.4, 0.5) is 5.82 Å². The third kappa shape index (κ3) is 6.55. The second kappa shape index (κ2) is 12.5. The van der Waals surface area contributed by atoms with E-state index in [-0.39, 0.29) is 0 Å². The van der Waals surface area contributed by atoms with Crippen molar-refractivity contribution in [1.82, 2.24) is 19.1 Å². The van der Waals surface area contributed by atoms with Crippen LogP contribution in [0.25, 0.3) is 10.9 Å². The topological polar surface area (TPSA) is 73.7 Å². The van der Waals surface area contributed by atoms with Crippen molar-refractivity contribution in [2.24, 2.45) is 5.73 Å². The van der Waals surface area contributed by atoms with E-state index >= 15 is 0 Å². The Hall–Kier alpha value is -4.68. The summed E-state index contributed by atoms with van der Waals surface area (Å²) in [5, 5.41) is 4.62. The highest BCUT2D eigenvalue weighted by Crippen LogP contribution is 2.24. The molecular formula is C32H32N6. The average Bonchev–Trinajstić information content (AvgIpc) is 3.65. The quantitative estimate of drug-likeness (QED) is 0.265. The molecule has 3 N–H and O–H groups in total. The number of rotatable bonds is 8. The summed E-state index contributed by atoms with van der Waals surface area (Å²) in [4.78, 5) is 8.36. The van der Waals surface area contributed by atoms with Gasteiger partial charge in [0.15, 0.2) is 0 Å². The van der Waals surface area contributed by atoms with E-state index in [4.69, 9.17) is 5.73 Å². The molecule has 0 saturated carbocycles. The van der Waals surface area contributed by atoms with Gasteiger partial charge in [0.2, 0.25) is 0 Å². The van der Waals surface area contributed by atoms with Gasteiger partial charge >= 0.3 is 0 Å². The van der Waals surface area contributed by atoms with E-state index in [2.05, 4.69) is 116 Å². The number of pyridine rings is 2. The van der Waals surface area contributed by atoms with E-state index in [1.807, 2.05) is 24.4 Å². The third-order valence-electron chi connectivity index (χ3n) is 6.39. The molecule has 38 heavy (non-hydrogen) atoms. The molecule has 0 radical (unpaired) electrons. The van der Waals surface area contributed by atoms with Crippen molar-refractivity contribution in [3.8, 4) is 0 Å². The van der Waals surface area contributed by atoms with E-state index in [0.29, 0.717) is 6.54 Å². The van der Waals surface area contributed by atoms with Crippen LogP contribution in [-0.4, -0.2) is 19.1 Å². The standard InChI is InChI=1S/C27H27N5.C5H5N/c28-17-21-3-5-22(6-4-21)18-30-27-25-12-16-32(26(25)11-13-29-27)20-24-9-7-23(8-10-24)19-31-14-1-2-15-31;1-2-4-6-5-3-1/h1-16H,17-20,28H2,(H,29,30);1-5H. The zero-order valence-corrected chi connectivity index (χ0v) is 21.3. The van der Waals surface area contributed by atoms with Crippen LogP contribution in [0, 0.1) is 0 Å². The molecule has 6 nitrogen and oxygen atoms in total. The largest absolute Gasteiger partial charge is 0.365 e. The van der Waals surface area contributed by atoms with Crippen molar-refractivity contribution in [2.75, 3.05) is 5.32 Å². The molecule has 4 aromatic heterocycles. The van der Waals surface area contributed by atoms with Crippen LogP contribution in [0.3, 0.4) is 0 Å². The maximum absolute atomic E-state index is 5.69. The van der Waals surface area contributed by atoms with Crippen molar-refractivity contribution in [3.05, 3.63) is 150 Å². The summed E-state index contributed by atoms with van der Waals surface area (Å²) in [6, 6.07) is 31.3. The summed E-state index contributed by atoms with van der Waals surface area (Å²) in [5.74, 6) is 0.909. The highest BCUT2D eigenvalue weighted by molar-refractivity contribution is 5.90. The number of hydrogen-bond donors (Lipinski definition) is 2. The Balaban J connectivity index is 0.000000433. The molecule has 6 aromatic rings. The minimum absolute atomic E-state index is 0.567. The van der Waals surface area contributed by atoms with Crippen molar-refractivity contribution in [3.63, 3.8) is 0 Å². The van der Waals surface area contributed by atoms with Crippen LogP contribution in [0.1, 0.15) is 22.3 Å². The molecule has 0 aliphatic rings. The molecule has 0 unspecified atom stereocenters. The predicted octanol–water partition coefficient (Wildman–Crippen LogP) is 6.09. The molecule has 4 heterocycles. The molecule has 0 amide bonds. The first-order valence-electron chi connectivity index (χ1n) is 12.8. The van der Waals surface area contributed by atoms with Gasteiger partial charge in [0.25, 0.3) is 0 Å². The van der Waals surface area contributed by atoms with Gasteiger partial charge in [-0.2, -0.15) is 0 Å². The summed E-state index contributed by atoms with van der Waals surface area (Å²) in [5.41, 5.74) is 11.8. The van der Waals surface area contributed by atoms with E-state index < -0.39 is 0 Å². The number of nitrogens with one attached hydrogen (secondary N) is 1. The van der Waals surface area contributed by atoms with Gasteiger partial charge in [-0.05, 0) is 58.7 Å². The molecule has 0 spiro atoms. The lowest BCUT2D eigenvalue weighted by Gasteiger charge is -2.10. The predicted molar refractivity (Wildman–Crippen MR) is 155 cm³/mol.